The van der Waals surface area contributed by atoms with Gasteiger partial charge >= 0.3 is 5.97 Å². The van der Waals surface area contributed by atoms with Crippen LogP contribution in [0.2, 0.25) is 0 Å². The molecule has 0 aliphatic carbocycles. The van der Waals surface area contributed by atoms with Crippen LogP contribution in [0.3, 0.4) is 0 Å². The zero-order valence-electron chi connectivity index (χ0n) is 23.4. The number of aryl methyl sites for hydroxylation is 1. The van der Waals surface area contributed by atoms with Gasteiger partial charge in [0.15, 0.2) is 6.10 Å². The lowest BCUT2D eigenvalue weighted by Crippen LogP contribution is -2.39. The second kappa shape index (κ2) is 10.8. The van der Waals surface area contributed by atoms with Crippen molar-refractivity contribution in [2.45, 2.75) is 93.0 Å². The number of hydrogen-bond donors (Lipinski definition) is 1. The van der Waals surface area contributed by atoms with E-state index in [1.807, 2.05) is 52.9 Å². The van der Waals surface area contributed by atoms with Crippen LogP contribution in [0.4, 0.5) is 5.69 Å². The molecule has 3 heterocycles. The Morgan fingerprint density at radius 1 is 1.08 bits per heavy atom. The number of pyridine rings is 2. The lowest BCUT2D eigenvalue weighted by atomic mass is 9.82. The van der Waals surface area contributed by atoms with E-state index in [0.717, 1.165) is 42.7 Å². The molecule has 1 N–H and O–H groups in total. The summed E-state index contributed by atoms with van der Waals surface area (Å²) in [5.41, 5.74) is 3.49. The summed E-state index contributed by atoms with van der Waals surface area (Å²) in [7, 11) is 0. The summed E-state index contributed by atoms with van der Waals surface area (Å²) in [4.78, 5) is 24.0. The lowest BCUT2D eigenvalue weighted by Gasteiger charge is -2.40. The molecule has 2 aromatic rings. The second-order valence-electron chi connectivity index (χ2n) is 12.1. The first-order chi connectivity index (χ1) is 16.7. The zero-order valence-corrected chi connectivity index (χ0v) is 23.4. The fourth-order valence-electron chi connectivity index (χ4n) is 4.33. The molecular formula is C29H43N3O4. The van der Waals surface area contributed by atoms with Gasteiger partial charge in [-0.1, -0.05) is 27.7 Å². The maximum atomic E-state index is 12.5. The number of nitrogens with zero attached hydrogens (tertiary/aromatic N) is 3. The van der Waals surface area contributed by atoms with Crippen molar-refractivity contribution in [1.82, 2.24) is 9.97 Å². The number of anilines is 1. The number of piperidine rings is 1. The molecule has 0 saturated carbocycles. The zero-order chi connectivity index (χ0) is 26.8. The number of carbonyl (C=O) groups is 1. The Labute approximate surface area is 216 Å². The lowest BCUT2D eigenvalue weighted by molar-refractivity contribution is -0.160. The Morgan fingerprint density at radius 2 is 1.72 bits per heavy atom. The molecule has 1 saturated heterocycles. The minimum atomic E-state index is -1.13. The fraction of sp³-hybridized carbons (Fsp3) is 0.621. The van der Waals surface area contributed by atoms with Gasteiger partial charge in [-0.3, -0.25) is 4.98 Å². The first-order valence-electron chi connectivity index (χ1n) is 13.0. The highest BCUT2D eigenvalue weighted by atomic mass is 16.5. The number of aliphatic carboxylic acids is 1. The van der Waals surface area contributed by atoms with Gasteiger partial charge in [-0.15, -0.1) is 0 Å². The third kappa shape index (κ3) is 6.75. The molecule has 7 heteroatoms. The van der Waals surface area contributed by atoms with E-state index in [1.165, 1.54) is 0 Å². The maximum absolute atomic E-state index is 12.5. The largest absolute Gasteiger partial charge is 0.479 e. The van der Waals surface area contributed by atoms with Gasteiger partial charge in [0, 0.05) is 53.9 Å². The van der Waals surface area contributed by atoms with E-state index in [4.69, 9.17) is 9.47 Å². The van der Waals surface area contributed by atoms with Crippen molar-refractivity contribution in [2.24, 2.45) is 11.3 Å². The minimum Gasteiger partial charge on any atom is -0.479 e. The minimum absolute atomic E-state index is 0.0501. The predicted molar refractivity (Wildman–Crippen MR) is 144 cm³/mol. The van der Waals surface area contributed by atoms with E-state index in [2.05, 4.69) is 42.6 Å². The van der Waals surface area contributed by atoms with Crippen molar-refractivity contribution in [1.29, 1.82) is 0 Å². The van der Waals surface area contributed by atoms with Crippen molar-refractivity contribution in [3.8, 4) is 17.0 Å². The van der Waals surface area contributed by atoms with Crippen LogP contribution >= 0.6 is 0 Å². The molecule has 0 radical (unpaired) electrons. The monoisotopic (exact) mass is 497 g/mol. The average molecular weight is 498 g/mol. The number of carboxylic acids is 1. The molecule has 1 fully saturated rings. The molecular weight excluding hydrogens is 454 g/mol. The number of carboxylic acid groups (broad SMARTS) is 1. The summed E-state index contributed by atoms with van der Waals surface area (Å²) in [5.74, 6) is -0.0721. The third-order valence-electron chi connectivity index (χ3n) is 6.97. The highest BCUT2D eigenvalue weighted by molar-refractivity contribution is 5.86. The highest BCUT2D eigenvalue weighted by Gasteiger charge is 2.35. The molecule has 0 aromatic carbocycles. The van der Waals surface area contributed by atoms with Crippen molar-refractivity contribution in [3.05, 3.63) is 35.8 Å². The van der Waals surface area contributed by atoms with Crippen LogP contribution in [-0.4, -0.2) is 45.8 Å². The smallest absolute Gasteiger partial charge is 0.337 e. The van der Waals surface area contributed by atoms with Gasteiger partial charge in [-0.25, -0.2) is 9.78 Å². The molecule has 1 aliphatic heterocycles. The second-order valence-corrected chi connectivity index (χ2v) is 12.1. The van der Waals surface area contributed by atoms with Crippen LogP contribution in [0.15, 0.2) is 24.5 Å². The molecule has 7 nitrogen and oxygen atoms in total. The molecule has 0 bridgehead atoms. The molecule has 36 heavy (non-hydrogen) atoms. The molecule has 0 amide bonds. The van der Waals surface area contributed by atoms with Crippen molar-refractivity contribution >= 4 is 11.7 Å². The predicted octanol–water partition coefficient (Wildman–Crippen LogP) is 6.44. The van der Waals surface area contributed by atoms with Gasteiger partial charge < -0.3 is 19.5 Å². The van der Waals surface area contributed by atoms with Crippen LogP contribution in [0.1, 0.15) is 85.6 Å². The van der Waals surface area contributed by atoms with Gasteiger partial charge in [-0.05, 0) is 64.9 Å². The Hall–Kier alpha value is -2.67. The Balaban J connectivity index is 2.13. The van der Waals surface area contributed by atoms with Crippen LogP contribution < -0.4 is 9.64 Å². The van der Waals surface area contributed by atoms with E-state index >= 15 is 0 Å². The van der Waals surface area contributed by atoms with Crippen molar-refractivity contribution in [2.75, 3.05) is 18.0 Å². The molecule has 0 spiro atoms. The molecule has 1 aliphatic rings. The summed E-state index contributed by atoms with van der Waals surface area (Å²) >= 11 is 0. The van der Waals surface area contributed by atoms with Crippen LogP contribution in [0.5, 0.6) is 5.88 Å². The van der Waals surface area contributed by atoms with E-state index < -0.39 is 17.7 Å². The SMILES string of the molecule is Cc1ncc(-c2ccc(OC(C)C(C)C)nc2)c(N2CCC(C)(C)CC2)c1C(OC(C)(C)C)C(=O)O. The normalized spacial score (nSPS) is 17.7. The van der Waals surface area contributed by atoms with Crippen LogP contribution in [-0.2, 0) is 9.53 Å². The van der Waals surface area contributed by atoms with Gasteiger partial charge in [0.25, 0.3) is 0 Å². The summed E-state index contributed by atoms with van der Waals surface area (Å²) in [6.45, 7) is 20.0. The third-order valence-corrected chi connectivity index (χ3v) is 6.97. The topological polar surface area (TPSA) is 84.8 Å². The van der Waals surface area contributed by atoms with Gasteiger partial charge in [0.2, 0.25) is 5.88 Å². The van der Waals surface area contributed by atoms with Gasteiger partial charge in [0.1, 0.15) is 0 Å². The Kier molecular flexibility index (Phi) is 8.33. The fourth-order valence-corrected chi connectivity index (χ4v) is 4.33. The molecule has 198 valence electrons. The number of ether oxygens (including phenoxy) is 2. The number of aromatic nitrogens is 2. The first-order valence-corrected chi connectivity index (χ1v) is 13.0. The summed E-state index contributed by atoms with van der Waals surface area (Å²) in [6, 6.07) is 3.85. The average Bonchev–Trinajstić information content (AvgIpc) is 2.77. The van der Waals surface area contributed by atoms with E-state index in [-0.39, 0.29) is 11.5 Å². The standard InChI is InChI=1S/C29H43N3O4/c1-18(2)20(4)35-23-11-10-21(16-31-23)22-17-30-19(3)24(26(27(33)34)36-28(5,6)7)25(22)32-14-12-29(8,9)13-15-32/h10-11,16-18,20,26H,12-15H2,1-9H3,(H,33,34). The molecule has 2 unspecified atom stereocenters. The quantitative estimate of drug-likeness (QED) is 0.449. The highest BCUT2D eigenvalue weighted by Crippen LogP contribution is 2.43. The summed E-state index contributed by atoms with van der Waals surface area (Å²) in [5, 5.41) is 10.2. The van der Waals surface area contributed by atoms with Gasteiger partial charge in [-0.2, -0.15) is 0 Å². The number of rotatable bonds is 8. The van der Waals surface area contributed by atoms with E-state index in [0.29, 0.717) is 23.1 Å². The Morgan fingerprint density at radius 3 is 2.22 bits per heavy atom. The van der Waals surface area contributed by atoms with Crippen LogP contribution in [0, 0.1) is 18.3 Å². The molecule has 3 rings (SSSR count). The number of hydrogen-bond acceptors (Lipinski definition) is 6. The van der Waals surface area contributed by atoms with E-state index in [1.54, 1.807) is 6.20 Å². The van der Waals surface area contributed by atoms with Crippen LogP contribution in [0.25, 0.3) is 11.1 Å². The molecule has 2 atom stereocenters. The first kappa shape index (κ1) is 27.9. The Bertz CT molecular complexity index is 1050. The van der Waals surface area contributed by atoms with Gasteiger partial charge in [0.05, 0.1) is 17.4 Å². The van der Waals surface area contributed by atoms with Crippen molar-refractivity contribution < 1.29 is 19.4 Å². The van der Waals surface area contributed by atoms with Crippen molar-refractivity contribution in [3.63, 3.8) is 0 Å². The molecule has 2 aromatic heterocycles. The summed E-state index contributed by atoms with van der Waals surface area (Å²) < 4.78 is 12.1. The maximum Gasteiger partial charge on any atom is 0.337 e. The summed E-state index contributed by atoms with van der Waals surface area (Å²) in [6.07, 6.45) is 4.57. The van der Waals surface area contributed by atoms with E-state index in [9.17, 15) is 9.90 Å².